The Bertz CT molecular complexity index is 616. The first kappa shape index (κ1) is 17.1. The molecule has 1 aliphatic heterocycles. The van der Waals surface area contributed by atoms with Crippen molar-refractivity contribution in [2.45, 2.75) is 25.1 Å². The van der Waals surface area contributed by atoms with Gasteiger partial charge in [0.05, 0.1) is 17.9 Å². The van der Waals surface area contributed by atoms with Crippen molar-refractivity contribution in [3.8, 4) is 0 Å². The zero-order valence-corrected chi connectivity index (χ0v) is 13.4. The molecule has 1 saturated carbocycles. The molecule has 1 saturated heterocycles. The summed E-state index contributed by atoms with van der Waals surface area (Å²) in [5.41, 5.74) is 0. The lowest BCUT2D eigenvalue weighted by molar-refractivity contribution is -0.187. The number of nitrogens with one attached hydrogen (secondary N) is 1. The van der Waals surface area contributed by atoms with E-state index in [1.54, 1.807) is 0 Å². The van der Waals surface area contributed by atoms with Gasteiger partial charge in [-0.3, -0.25) is 4.79 Å². The van der Waals surface area contributed by atoms with Gasteiger partial charge in [0.25, 0.3) is 0 Å². The van der Waals surface area contributed by atoms with Crippen LogP contribution in [0.5, 0.6) is 0 Å². The Hall–Kier alpha value is -1.77. The number of urea groups is 1. The Morgan fingerprint density at radius 3 is 2.50 bits per heavy atom. The fourth-order valence-corrected chi connectivity index (χ4v) is 3.96. The van der Waals surface area contributed by atoms with E-state index in [9.17, 15) is 22.8 Å². The average Bonchev–Trinajstić information content (AvgIpc) is 3.02. The van der Waals surface area contributed by atoms with Crippen molar-refractivity contribution in [1.82, 2.24) is 10.2 Å². The number of carboxylic acids is 1. The number of halogens is 3. The largest absolute Gasteiger partial charge is 0.481 e. The maximum absolute atomic E-state index is 13.0. The van der Waals surface area contributed by atoms with Crippen LogP contribution in [0.2, 0.25) is 0 Å². The van der Waals surface area contributed by atoms with Crippen LogP contribution < -0.4 is 5.32 Å². The summed E-state index contributed by atoms with van der Waals surface area (Å²) < 4.78 is 39.0. The number of carbonyl (C=O) groups is 2. The number of likely N-dealkylation sites (tertiary alicyclic amines) is 1. The number of hydrogen-bond acceptors (Lipinski definition) is 3. The second-order valence-electron chi connectivity index (χ2n) is 6.28. The van der Waals surface area contributed by atoms with Crippen molar-refractivity contribution in [1.29, 1.82) is 0 Å². The molecule has 2 heterocycles. The monoisotopic (exact) mass is 362 g/mol. The zero-order valence-electron chi connectivity index (χ0n) is 12.6. The lowest BCUT2D eigenvalue weighted by Gasteiger charge is -2.23. The molecule has 0 aromatic carbocycles. The van der Waals surface area contributed by atoms with Crippen LogP contribution in [0, 0.1) is 17.8 Å². The molecule has 132 valence electrons. The van der Waals surface area contributed by atoms with Gasteiger partial charge in [0.15, 0.2) is 0 Å². The summed E-state index contributed by atoms with van der Waals surface area (Å²) in [4.78, 5) is 25.4. The summed E-state index contributed by atoms with van der Waals surface area (Å²) in [6.45, 7) is -1.04. The molecule has 1 aromatic rings. The van der Waals surface area contributed by atoms with Crippen molar-refractivity contribution < 1.29 is 27.9 Å². The van der Waals surface area contributed by atoms with Gasteiger partial charge >= 0.3 is 18.2 Å². The number of alkyl halides is 3. The Balaban J connectivity index is 1.70. The highest BCUT2D eigenvalue weighted by Gasteiger charge is 2.53. The maximum Gasteiger partial charge on any atom is 0.394 e. The van der Waals surface area contributed by atoms with Gasteiger partial charge in [-0.1, -0.05) is 6.07 Å². The highest BCUT2D eigenvalue weighted by molar-refractivity contribution is 7.10. The first-order chi connectivity index (χ1) is 11.3. The van der Waals surface area contributed by atoms with Gasteiger partial charge in [-0.25, -0.2) is 4.79 Å². The number of thiophene rings is 1. The lowest BCUT2D eigenvalue weighted by atomic mass is 9.96. The van der Waals surface area contributed by atoms with E-state index < -0.39 is 43.1 Å². The predicted octanol–water partition coefficient (Wildman–Crippen LogP) is 3.10. The summed E-state index contributed by atoms with van der Waals surface area (Å²) >= 11 is 1.49. The molecule has 3 rings (SSSR count). The van der Waals surface area contributed by atoms with Crippen LogP contribution in [-0.4, -0.2) is 41.3 Å². The highest BCUT2D eigenvalue weighted by Crippen LogP contribution is 2.43. The van der Waals surface area contributed by atoms with E-state index in [0.717, 1.165) is 22.6 Å². The number of carboxylic acid groups (broad SMARTS) is 1. The Morgan fingerprint density at radius 2 is 2.04 bits per heavy atom. The van der Waals surface area contributed by atoms with E-state index >= 15 is 0 Å². The molecular weight excluding hydrogens is 345 g/mol. The van der Waals surface area contributed by atoms with Crippen molar-refractivity contribution in [3.05, 3.63) is 22.4 Å². The molecule has 9 heteroatoms. The third-order valence-corrected chi connectivity index (χ3v) is 5.52. The average molecular weight is 362 g/mol. The molecule has 2 amide bonds. The van der Waals surface area contributed by atoms with Crippen LogP contribution in [0.4, 0.5) is 18.0 Å². The molecule has 3 atom stereocenters. The number of hydrogen-bond donors (Lipinski definition) is 2. The highest BCUT2D eigenvalue weighted by atomic mass is 32.1. The van der Waals surface area contributed by atoms with Crippen molar-refractivity contribution in [3.63, 3.8) is 0 Å². The number of amides is 2. The van der Waals surface area contributed by atoms with E-state index in [4.69, 9.17) is 5.11 Å². The van der Waals surface area contributed by atoms with E-state index in [2.05, 4.69) is 5.32 Å². The van der Waals surface area contributed by atoms with Gasteiger partial charge in [-0.05, 0) is 30.2 Å². The molecule has 2 N–H and O–H groups in total. The van der Waals surface area contributed by atoms with Crippen LogP contribution in [0.1, 0.15) is 23.8 Å². The summed E-state index contributed by atoms with van der Waals surface area (Å²) in [5, 5.41) is 13.7. The molecule has 1 unspecified atom stereocenters. The fourth-order valence-electron chi connectivity index (χ4n) is 3.09. The van der Waals surface area contributed by atoms with Gasteiger partial charge in [0.2, 0.25) is 0 Å². The second-order valence-corrected chi connectivity index (χ2v) is 7.26. The summed E-state index contributed by atoms with van der Waals surface area (Å²) in [5.74, 6) is -4.87. The molecular formula is C15H17F3N2O3S. The van der Waals surface area contributed by atoms with Gasteiger partial charge in [0, 0.05) is 18.0 Å². The third-order valence-electron chi connectivity index (χ3n) is 4.57. The minimum atomic E-state index is -4.64. The molecule has 1 aromatic heterocycles. The minimum Gasteiger partial charge on any atom is -0.481 e. The van der Waals surface area contributed by atoms with Gasteiger partial charge < -0.3 is 15.3 Å². The predicted molar refractivity (Wildman–Crippen MR) is 80.6 cm³/mol. The van der Waals surface area contributed by atoms with Gasteiger partial charge in [0.1, 0.15) is 0 Å². The molecule has 0 radical (unpaired) electrons. The molecule has 2 fully saturated rings. The van der Waals surface area contributed by atoms with Gasteiger partial charge in [-0.15, -0.1) is 11.3 Å². The number of rotatable bonds is 4. The normalized spacial score (nSPS) is 25.5. The third kappa shape index (κ3) is 3.50. The Morgan fingerprint density at radius 1 is 1.33 bits per heavy atom. The van der Waals surface area contributed by atoms with Crippen molar-refractivity contribution in [2.24, 2.45) is 17.8 Å². The van der Waals surface area contributed by atoms with E-state index in [0.29, 0.717) is 5.92 Å². The van der Waals surface area contributed by atoms with Crippen LogP contribution in [0.15, 0.2) is 17.5 Å². The van der Waals surface area contributed by atoms with Crippen LogP contribution >= 0.6 is 11.3 Å². The number of nitrogens with zero attached hydrogens (tertiary/aromatic N) is 1. The van der Waals surface area contributed by atoms with Crippen LogP contribution in [-0.2, 0) is 4.79 Å². The minimum absolute atomic E-state index is 0.217. The van der Waals surface area contributed by atoms with Gasteiger partial charge in [-0.2, -0.15) is 13.2 Å². The SMILES string of the molecule is O=C(O)[C@@H]1CN(C(=O)NC(c2cccs2)C2CC2)C[C@H]1C(F)(F)F. The Kier molecular flexibility index (Phi) is 4.46. The van der Waals surface area contributed by atoms with Crippen molar-refractivity contribution >= 4 is 23.3 Å². The molecule has 0 spiro atoms. The second kappa shape index (κ2) is 6.27. The van der Waals surface area contributed by atoms with E-state index in [1.807, 2.05) is 17.5 Å². The quantitative estimate of drug-likeness (QED) is 0.865. The van der Waals surface area contributed by atoms with E-state index in [-0.39, 0.29) is 6.04 Å². The summed E-state index contributed by atoms with van der Waals surface area (Å²) in [6.07, 6.45) is -2.71. The fraction of sp³-hybridized carbons (Fsp3) is 0.600. The summed E-state index contributed by atoms with van der Waals surface area (Å²) in [7, 11) is 0. The van der Waals surface area contributed by atoms with Crippen molar-refractivity contribution in [2.75, 3.05) is 13.1 Å². The topological polar surface area (TPSA) is 69.6 Å². The standard InChI is InChI=1S/C15H17F3N2O3S/c16-15(17,18)10-7-20(6-9(10)13(21)22)14(23)19-12(8-3-4-8)11-2-1-5-24-11/h1-2,5,8-10,12H,3-4,6-7H2,(H,19,23)(H,21,22)/t9-,10-,12?/m1/s1. The molecule has 1 aliphatic carbocycles. The smallest absolute Gasteiger partial charge is 0.394 e. The number of carbonyl (C=O) groups excluding carboxylic acids is 1. The first-order valence-corrected chi connectivity index (χ1v) is 8.53. The molecule has 0 bridgehead atoms. The lowest BCUT2D eigenvalue weighted by Crippen LogP contribution is -2.41. The molecule has 2 aliphatic rings. The maximum atomic E-state index is 13.0. The zero-order chi connectivity index (χ0) is 17.5. The number of aliphatic carboxylic acids is 1. The van der Waals surface area contributed by atoms with E-state index in [1.165, 1.54) is 11.3 Å². The van der Waals surface area contributed by atoms with Crippen LogP contribution in [0.3, 0.4) is 0 Å². The molecule has 24 heavy (non-hydrogen) atoms. The van der Waals surface area contributed by atoms with Crippen LogP contribution in [0.25, 0.3) is 0 Å². The first-order valence-electron chi connectivity index (χ1n) is 7.65. The molecule has 5 nitrogen and oxygen atoms in total. The summed E-state index contributed by atoms with van der Waals surface area (Å²) in [6, 6.07) is 2.90. The Labute approximate surface area is 140 Å².